The summed E-state index contributed by atoms with van der Waals surface area (Å²) < 4.78 is 11.5. The maximum absolute atomic E-state index is 5.73. The van der Waals surface area contributed by atoms with Crippen molar-refractivity contribution in [3.8, 4) is 17.2 Å². The van der Waals surface area contributed by atoms with Gasteiger partial charge in [-0.25, -0.2) is 4.98 Å². The van der Waals surface area contributed by atoms with Crippen LogP contribution >= 0.6 is 0 Å². The Balaban J connectivity index is 1.31. The lowest BCUT2D eigenvalue weighted by Gasteiger charge is -2.62. The quantitative estimate of drug-likeness (QED) is 0.597. The van der Waals surface area contributed by atoms with E-state index in [0.29, 0.717) is 17.3 Å². The third-order valence-electron chi connectivity index (χ3n) is 7.32. The highest BCUT2D eigenvalue weighted by Gasteiger charge is 2.55. The van der Waals surface area contributed by atoms with Crippen molar-refractivity contribution >= 4 is 0 Å². The number of hydrogen-bond acceptors (Lipinski definition) is 4. The molecule has 1 N–H and O–H groups in total. The number of ether oxygens (including phenoxy) is 1. The topological polar surface area (TPSA) is 47.3 Å². The summed E-state index contributed by atoms with van der Waals surface area (Å²) in [5, 5.41) is 3.75. The summed E-state index contributed by atoms with van der Waals surface area (Å²) in [4.78, 5) is 4.68. The van der Waals surface area contributed by atoms with Gasteiger partial charge >= 0.3 is 0 Å². The average molecular weight is 383 g/mol. The molecule has 152 valence electrons. The first-order chi connectivity index (χ1) is 13.5. The molecule has 2 bridgehead atoms. The predicted molar refractivity (Wildman–Crippen MR) is 112 cm³/mol. The van der Waals surface area contributed by atoms with Gasteiger partial charge in [0.05, 0.1) is 12.3 Å². The molecule has 0 unspecified atom stereocenters. The number of oxazole rings is 1. The molecule has 4 nitrogen and oxygen atoms in total. The van der Waals surface area contributed by atoms with Crippen LogP contribution in [-0.4, -0.2) is 17.6 Å². The minimum atomic E-state index is 0.533. The van der Waals surface area contributed by atoms with E-state index in [0.717, 1.165) is 60.8 Å². The summed E-state index contributed by atoms with van der Waals surface area (Å²) in [7, 11) is 0. The van der Waals surface area contributed by atoms with Gasteiger partial charge in [-0.15, -0.1) is 0 Å². The summed E-state index contributed by atoms with van der Waals surface area (Å²) >= 11 is 0. The second-order valence-corrected chi connectivity index (χ2v) is 9.31. The van der Waals surface area contributed by atoms with Gasteiger partial charge in [-0.1, -0.05) is 34.1 Å². The number of nitrogens with zero attached hydrogens (tertiary/aromatic N) is 1. The molecule has 0 radical (unpaired) electrons. The summed E-state index contributed by atoms with van der Waals surface area (Å²) in [6, 6.07) is 8.61. The van der Waals surface area contributed by atoms with Gasteiger partial charge in [0.25, 0.3) is 0 Å². The van der Waals surface area contributed by atoms with Crippen LogP contribution in [0, 0.1) is 23.2 Å². The van der Waals surface area contributed by atoms with Gasteiger partial charge in [-0.3, -0.25) is 0 Å². The minimum Gasteiger partial charge on any atom is -0.494 e. The average Bonchev–Trinajstić information content (AvgIpc) is 3.16. The molecule has 0 spiro atoms. The van der Waals surface area contributed by atoms with Gasteiger partial charge < -0.3 is 14.5 Å². The molecule has 5 rings (SSSR count). The first-order valence-corrected chi connectivity index (χ1v) is 10.9. The normalized spacial score (nSPS) is 28.0. The van der Waals surface area contributed by atoms with Crippen LogP contribution in [0.1, 0.15) is 59.1 Å². The first-order valence-electron chi connectivity index (χ1n) is 10.9. The van der Waals surface area contributed by atoms with Crippen molar-refractivity contribution in [1.29, 1.82) is 0 Å². The Morgan fingerprint density at radius 1 is 1.21 bits per heavy atom. The van der Waals surface area contributed by atoms with Crippen LogP contribution in [0.25, 0.3) is 11.5 Å². The largest absolute Gasteiger partial charge is 0.494 e. The van der Waals surface area contributed by atoms with Gasteiger partial charge in [-0.05, 0) is 66.7 Å². The molecule has 0 saturated heterocycles. The maximum Gasteiger partial charge on any atom is 0.226 e. The number of benzene rings is 1. The van der Waals surface area contributed by atoms with Crippen molar-refractivity contribution in [2.45, 2.75) is 66.0 Å². The van der Waals surface area contributed by atoms with E-state index in [1.165, 1.54) is 12.8 Å². The molecule has 0 amide bonds. The summed E-state index contributed by atoms with van der Waals surface area (Å²) in [6.45, 7) is 11.0. The van der Waals surface area contributed by atoms with E-state index in [1.54, 1.807) is 6.26 Å². The zero-order chi connectivity index (χ0) is 19.7. The van der Waals surface area contributed by atoms with E-state index >= 15 is 0 Å². The Morgan fingerprint density at radius 3 is 2.68 bits per heavy atom. The monoisotopic (exact) mass is 382 g/mol. The maximum atomic E-state index is 5.73. The third kappa shape index (κ3) is 3.71. The van der Waals surface area contributed by atoms with E-state index in [1.807, 2.05) is 24.3 Å². The van der Waals surface area contributed by atoms with Crippen LogP contribution in [0.15, 0.2) is 34.9 Å². The molecule has 4 heteroatoms. The highest BCUT2D eigenvalue weighted by molar-refractivity contribution is 5.54. The van der Waals surface area contributed by atoms with Gasteiger partial charge in [-0.2, -0.15) is 0 Å². The van der Waals surface area contributed by atoms with Crippen LogP contribution < -0.4 is 10.1 Å². The molecule has 1 aromatic carbocycles. The summed E-state index contributed by atoms with van der Waals surface area (Å²) in [5.74, 6) is 4.04. The Labute approximate surface area is 169 Å². The highest BCUT2D eigenvalue weighted by Crippen LogP contribution is 2.61. The van der Waals surface area contributed by atoms with E-state index in [-0.39, 0.29) is 0 Å². The number of hydrogen-bond donors (Lipinski definition) is 1. The highest BCUT2D eigenvalue weighted by atomic mass is 16.5. The lowest BCUT2D eigenvalue weighted by Crippen LogP contribution is -2.59. The molecule has 1 aromatic heterocycles. The molecule has 3 fully saturated rings. The van der Waals surface area contributed by atoms with E-state index < -0.39 is 0 Å². The second kappa shape index (κ2) is 7.90. The molecule has 1 heterocycles. The van der Waals surface area contributed by atoms with Crippen molar-refractivity contribution in [2.75, 3.05) is 6.61 Å². The number of aromatic nitrogens is 1. The van der Waals surface area contributed by atoms with Gasteiger partial charge in [0, 0.05) is 18.2 Å². The number of fused-ring (bicyclic) bond motifs is 2. The zero-order valence-electron chi connectivity index (χ0n) is 17.7. The third-order valence-corrected chi connectivity index (χ3v) is 7.32. The van der Waals surface area contributed by atoms with Crippen LogP contribution in [0.5, 0.6) is 5.75 Å². The van der Waals surface area contributed by atoms with Crippen LogP contribution in [0.3, 0.4) is 0 Å². The Bertz CT molecular complexity index is 780. The van der Waals surface area contributed by atoms with Crippen molar-refractivity contribution in [1.82, 2.24) is 10.3 Å². The predicted octanol–water partition coefficient (Wildman–Crippen LogP) is 5.68. The molecular weight excluding hydrogens is 348 g/mol. The van der Waals surface area contributed by atoms with E-state index in [9.17, 15) is 0 Å². The molecule has 3 aliphatic carbocycles. The number of unbranched alkanes of at least 4 members (excludes halogenated alkanes) is 1. The number of rotatable bonds is 8. The Hall–Kier alpha value is -1.81. The lowest BCUT2D eigenvalue weighted by atomic mass is 9.45. The fourth-order valence-corrected chi connectivity index (χ4v) is 5.20. The molecule has 28 heavy (non-hydrogen) atoms. The smallest absolute Gasteiger partial charge is 0.226 e. The molecule has 3 saturated carbocycles. The zero-order valence-corrected chi connectivity index (χ0v) is 17.7. The number of nitrogens with one attached hydrogen (secondary N) is 1. The lowest BCUT2D eigenvalue weighted by molar-refractivity contribution is -0.115. The van der Waals surface area contributed by atoms with Crippen molar-refractivity contribution in [3.05, 3.63) is 36.2 Å². The van der Waals surface area contributed by atoms with Gasteiger partial charge in [0.2, 0.25) is 5.89 Å². The minimum absolute atomic E-state index is 0.533. The van der Waals surface area contributed by atoms with Crippen LogP contribution in [-0.2, 0) is 6.54 Å². The summed E-state index contributed by atoms with van der Waals surface area (Å²) in [5.41, 5.74) is 2.50. The van der Waals surface area contributed by atoms with E-state index in [4.69, 9.17) is 9.15 Å². The van der Waals surface area contributed by atoms with Gasteiger partial charge in [0.15, 0.2) is 0 Å². The molecular formula is C24H34N2O2. The fourth-order valence-electron chi connectivity index (χ4n) is 5.20. The van der Waals surface area contributed by atoms with Crippen molar-refractivity contribution in [2.24, 2.45) is 23.2 Å². The summed E-state index contributed by atoms with van der Waals surface area (Å²) in [6.07, 6.45) is 6.71. The molecule has 3 aliphatic rings. The van der Waals surface area contributed by atoms with Crippen molar-refractivity contribution in [3.63, 3.8) is 0 Å². The molecule has 0 aliphatic heterocycles. The fraction of sp³-hybridized carbons (Fsp3) is 0.625. The standard InChI is InChI=1S/C24H34N2O2/c1-5-6-11-27-20-9-7-17(8-10-20)23-26-19(15-28-23)14-25-22-13-18-12-21(16(22)2)24(18,3)4/h7-10,15-16,18,21-22,25H,5-6,11-14H2,1-4H3/t16-,18+,21-,22-/m1/s1. The SMILES string of the molecule is CCCCOc1ccc(-c2nc(CN[C@@H]3C[C@@H]4C[C@H]([C@H]3C)C4(C)C)co2)cc1. The van der Waals surface area contributed by atoms with Gasteiger partial charge in [0.1, 0.15) is 12.0 Å². The Kier molecular flexibility index (Phi) is 5.50. The van der Waals surface area contributed by atoms with Crippen LogP contribution in [0.2, 0.25) is 0 Å². The Morgan fingerprint density at radius 2 is 2.00 bits per heavy atom. The first kappa shape index (κ1) is 19.5. The van der Waals surface area contributed by atoms with E-state index in [2.05, 4.69) is 38.0 Å². The molecule has 4 atom stereocenters. The van der Waals surface area contributed by atoms with Crippen LogP contribution in [0.4, 0.5) is 0 Å². The molecule has 2 aromatic rings. The van der Waals surface area contributed by atoms with Crippen molar-refractivity contribution < 1.29 is 9.15 Å². The second-order valence-electron chi connectivity index (χ2n) is 9.31.